The third-order valence-corrected chi connectivity index (χ3v) is 3.38. The number of oxime groups is 1. The molecule has 4 heteroatoms. The number of aryl methyl sites for hydroxylation is 1. The van der Waals surface area contributed by atoms with Gasteiger partial charge in [0.25, 0.3) is 0 Å². The lowest BCUT2D eigenvalue weighted by Gasteiger charge is -2.19. The molecule has 0 aromatic heterocycles. The summed E-state index contributed by atoms with van der Waals surface area (Å²) >= 11 is 0. The smallest absolute Gasteiger partial charge is 0.170 e. The minimum atomic E-state index is 0.148. The van der Waals surface area contributed by atoms with E-state index in [0.29, 0.717) is 0 Å². The summed E-state index contributed by atoms with van der Waals surface area (Å²) < 4.78 is 0. The number of amidine groups is 1. The van der Waals surface area contributed by atoms with Crippen molar-refractivity contribution in [3.05, 3.63) is 70.8 Å². The molecule has 3 N–H and O–H groups in total. The minimum absolute atomic E-state index is 0.148. The van der Waals surface area contributed by atoms with Gasteiger partial charge in [-0.2, -0.15) is 0 Å². The largest absolute Gasteiger partial charge is 0.409 e. The van der Waals surface area contributed by atoms with Crippen LogP contribution >= 0.6 is 0 Å². The molecule has 0 saturated carbocycles. The van der Waals surface area contributed by atoms with Gasteiger partial charge in [0.2, 0.25) is 0 Å². The normalized spacial score (nSPS) is 11.9. The van der Waals surface area contributed by atoms with E-state index < -0.39 is 0 Å². The lowest BCUT2D eigenvalue weighted by Crippen LogP contribution is -2.21. The van der Waals surface area contributed by atoms with E-state index in [4.69, 9.17) is 10.9 Å². The Kier molecular flexibility index (Phi) is 4.95. The van der Waals surface area contributed by atoms with E-state index in [1.165, 1.54) is 11.1 Å². The Morgan fingerprint density at radius 3 is 2.62 bits per heavy atom. The van der Waals surface area contributed by atoms with Crippen LogP contribution in [0.5, 0.6) is 0 Å². The highest BCUT2D eigenvalue weighted by molar-refractivity contribution is 5.98. The van der Waals surface area contributed by atoms with Gasteiger partial charge in [-0.05, 0) is 25.1 Å². The minimum Gasteiger partial charge on any atom is -0.409 e. The van der Waals surface area contributed by atoms with E-state index in [-0.39, 0.29) is 5.84 Å². The number of rotatable bonds is 5. The highest BCUT2D eigenvalue weighted by Crippen LogP contribution is 2.13. The van der Waals surface area contributed by atoms with Gasteiger partial charge in [-0.1, -0.05) is 59.3 Å². The SMILES string of the molecule is Cc1cccc(CN(C)Cc2ccccc2C(N)=NO)c1. The molecular formula is C17H21N3O. The van der Waals surface area contributed by atoms with Crippen molar-refractivity contribution in [3.8, 4) is 0 Å². The molecule has 2 aromatic rings. The number of nitrogens with two attached hydrogens (primary N) is 1. The molecule has 0 saturated heterocycles. The maximum Gasteiger partial charge on any atom is 0.170 e. The van der Waals surface area contributed by atoms with Gasteiger partial charge in [-0.3, -0.25) is 4.90 Å². The van der Waals surface area contributed by atoms with Gasteiger partial charge in [0.1, 0.15) is 0 Å². The molecule has 0 atom stereocenters. The lowest BCUT2D eigenvalue weighted by molar-refractivity contribution is 0.315. The first-order valence-corrected chi connectivity index (χ1v) is 6.90. The Hall–Kier alpha value is -2.33. The van der Waals surface area contributed by atoms with Crippen LogP contribution in [-0.4, -0.2) is 23.0 Å². The van der Waals surface area contributed by atoms with Crippen LogP contribution in [0.15, 0.2) is 53.7 Å². The standard InChI is InChI=1S/C17H21N3O/c1-13-6-5-7-14(10-13)11-20(2)12-15-8-3-4-9-16(15)17(18)19-21/h3-10,21H,11-12H2,1-2H3,(H2,18,19). The van der Waals surface area contributed by atoms with Crippen molar-refractivity contribution >= 4 is 5.84 Å². The fourth-order valence-corrected chi connectivity index (χ4v) is 2.43. The first kappa shape index (κ1) is 15.1. The van der Waals surface area contributed by atoms with Crippen LogP contribution in [0.4, 0.5) is 0 Å². The molecule has 0 aliphatic rings. The first-order chi connectivity index (χ1) is 10.1. The second kappa shape index (κ2) is 6.90. The van der Waals surface area contributed by atoms with E-state index in [0.717, 1.165) is 24.2 Å². The van der Waals surface area contributed by atoms with Crippen LogP contribution in [0.3, 0.4) is 0 Å². The molecule has 0 aliphatic carbocycles. The number of hydrogen-bond donors (Lipinski definition) is 2. The summed E-state index contributed by atoms with van der Waals surface area (Å²) in [5.74, 6) is 0.148. The average molecular weight is 283 g/mol. The van der Waals surface area contributed by atoms with E-state index >= 15 is 0 Å². The summed E-state index contributed by atoms with van der Waals surface area (Å²) in [4.78, 5) is 2.21. The van der Waals surface area contributed by atoms with E-state index in [2.05, 4.69) is 48.3 Å². The summed E-state index contributed by atoms with van der Waals surface area (Å²) in [5.41, 5.74) is 10.1. The molecule has 0 heterocycles. The molecule has 0 amide bonds. The second-order valence-electron chi connectivity index (χ2n) is 5.30. The molecule has 0 bridgehead atoms. The number of hydrogen-bond acceptors (Lipinski definition) is 3. The van der Waals surface area contributed by atoms with E-state index in [1.807, 2.05) is 24.3 Å². The van der Waals surface area contributed by atoms with Gasteiger partial charge in [0, 0.05) is 18.7 Å². The van der Waals surface area contributed by atoms with Crippen molar-refractivity contribution in [1.82, 2.24) is 4.90 Å². The Balaban J connectivity index is 2.11. The fraction of sp³-hybridized carbons (Fsp3) is 0.235. The third kappa shape index (κ3) is 4.07. The Morgan fingerprint density at radius 1 is 1.14 bits per heavy atom. The molecule has 21 heavy (non-hydrogen) atoms. The molecule has 2 rings (SSSR count). The van der Waals surface area contributed by atoms with Crippen molar-refractivity contribution in [2.45, 2.75) is 20.0 Å². The quantitative estimate of drug-likeness (QED) is 0.384. The topological polar surface area (TPSA) is 61.8 Å². The van der Waals surface area contributed by atoms with E-state index in [1.54, 1.807) is 0 Å². The van der Waals surface area contributed by atoms with Gasteiger partial charge in [-0.25, -0.2) is 0 Å². The zero-order valence-electron chi connectivity index (χ0n) is 12.5. The molecule has 0 aliphatic heterocycles. The number of benzene rings is 2. The van der Waals surface area contributed by atoms with Crippen molar-refractivity contribution in [2.75, 3.05) is 7.05 Å². The van der Waals surface area contributed by atoms with Crippen molar-refractivity contribution < 1.29 is 5.21 Å². The predicted molar refractivity (Wildman–Crippen MR) is 85.3 cm³/mol. The molecule has 0 unspecified atom stereocenters. The van der Waals surface area contributed by atoms with Gasteiger partial charge in [0.15, 0.2) is 5.84 Å². The number of nitrogens with zero attached hydrogens (tertiary/aromatic N) is 2. The molecule has 0 radical (unpaired) electrons. The van der Waals surface area contributed by atoms with Crippen LogP contribution in [0.2, 0.25) is 0 Å². The van der Waals surface area contributed by atoms with Crippen LogP contribution in [0.25, 0.3) is 0 Å². The first-order valence-electron chi connectivity index (χ1n) is 6.90. The maximum atomic E-state index is 8.86. The third-order valence-electron chi connectivity index (χ3n) is 3.38. The summed E-state index contributed by atoms with van der Waals surface area (Å²) in [6, 6.07) is 16.2. The Labute approximate surface area is 125 Å². The van der Waals surface area contributed by atoms with E-state index in [9.17, 15) is 0 Å². The zero-order valence-corrected chi connectivity index (χ0v) is 12.5. The maximum absolute atomic E-state index is 8.86. The Bertz CT molecular complexity index is 637. The average Bonchev–Trinajstić information content (AvgIpc) is 2.47. The molecule has 4 nitrogen and oxygen atoms in total. The lowest BCUT2D eigenvalue weighted by atomic mass is 10.1. The van der Waals surface area contributed by atoms with Gasteiger partial charge < -0.3 is 10.9 Å². The molecule has 0 fully saturated rings. The van der Waals surface area contributed by atoms with Crippen molar-refractivity contribution in [2.24, 2.45) is 10.9 Å². The van der Waals surface area contributed by atoms with Crippen LogP contribution in [0, 0.1) is 6.92 Å². The zero-order chi connectivity index (χ0) is 15.2. The fourth-order valence-electron chi connectivity index (χ4n) is 2.43. The highest BCUT2D eigenvalue weighted by Gasteiger charge is 2.09. The highest BCUT2D eigenvalue weighted by atomic mass is 16.4. The summed E-state index contributed by atoms with van der Waals surface area (Å²) in [7, 11) is 2.06. The Morgan fingerprint density at radius 2 is 1.90 bits per heavy atom. The second-order valence-corrected chi connectivity index (χ2v) is 5.30. The monoisotopic (exact) mass is 283 g/mol. The van der Waals surface area contributed by atoms with Gasteiger partial charge >= 0.3 is 0 Å². The molecule has 0 spiro atoms. The summed E-state index contributed by atoms with van der Waals surface area (Å²) in [5, 5.41) is 12.0. The molecule has 110 valence electrons. The van der Waals surface area contributed by atoms with Crippen molar-refractivity contribution in [1.29, 1.82) is 0 Å². The predicted octanol–water partition coefficient (Wildman–Crippen LogP) is 2.72. The van der Waals surface area contributed by atoms with Crippen LogP contribution in [0.1, 0.15) is 22.3 Å². The molecular weight excluding hydrogens is 262 g/mol. The van der Waals surface area contributed by atoms with Gasteiger partial charge in [-0.15, -0.1) is 0 Å². The van der Waals surface area contributed by atoms with Gasteiger partial charge in [0.05, 0.1) is 0 Å². The summed E-state index contributed by atoms with van der Waals surface area (Å²) in [6.45, 7) is 3.68. The molecule has 2 aromatic carbocycles. The van der Waals surface area contributed by atoms with Crippen LogP contribution in [-0.2, 0) is 13.1 Å². The van der Waals surface area contributed by atoms with Crippen LogP contribution < -0.4 is 5.73 Å². The summed E-state index contributed by atoms with van der Waals surface area (Å²) in [6.07, 6.45) is 0. The van der Waals surface area contributed by atoms with Crippen molar-refractivity contribution in [3.63, 3.8) is 0 Å².